The summed E-state index contributed by atoms with van der Waals surface area (Å²) in [4.78, 5) is 60.0. The van der Waals surface area contributed by atoms with Gasteiger partial charge in [0.15, 0.2) is 23.0 Å². The third kappa shape index (κ3) is 4.41. The number of aliphatic hydroxyl groups is 2. The van der Waals surface area contributed by atoms with E-state index in [1.165, 1.54) is 0 Å². The molecule has 12 heteroatoms. The van der Waals surface area contributed by atoms with Crippen molar-refractivity contribution in [3.8, 4) is 17.1 Å². The zero-order valence-corrected chi connectivity index (χ0v) is 25.4. The average Bonchev–Trinajstić information content (AvgIpc) is 3.63. The SMILES string of the molecule is CN(C)c1cc(-c2ccc(CN3CCCC3)o2)c(O)c2c1C[C@@H]1C[C@@H]3[C@@H](N(C)C)C(O)C(C(N)=O)C(=O)[C@]3(O)C(=O)C1C2=O. The van der Waals surface area contributed by atoms with Crippen LogP contribution in [-0.2, 0) is 27.3 Å². The van der Waals surface area contributed by atoms with Gasteiger partial charge in [-0.15, -0.1) is 0 Å². The quantitative estimate of drug-likeness (QED) is 0.337. The van der Waals surface area contributed by atoms with Crippen molar-refractivity contribution in [2.75, 3.05) is 46.2 Å². The standard InChI is InChI=1S/C32H40N4O8/c1-34(2)20-13-18(21-8-7-16(44-21)14-36-9-5-6-10-36)26(37)23-17(20)11-15-12-19-25(35(3)4)28(39)24(31(33)42)30(41)32(19,43)29(40)22(15)27(23)38/h7-8,13,15,19,22,24-25,28,37,39,43H,5-6,9-12,14H2,1-4H3,(H2,33,42)/t15-,19-,22?,24?,25-,28?,32-/m1/s1. The highest BCUT2D eigenvalue weighted by Crippen LogP contribution is 2.53. The maximum absolute atomic E-state index is 14.3. The number of likely N-dealkylation sites (tertiary alicyclic amines) is 1. The van der Waals surface area contributed by atoms with Crippen molar-refractivity contribution in [3.63, 3.8) is 0 Å². The number of amides is 1. The molecule has 4 aliphatic rings. The Kier molecular flexibility index (Phi) is 7.47. The van der Waals surface area contributed by atoms with E-state index in [0.29, 0.717) is 29.1 Å². The zero-order chi connectivity index (χ0) is 31.8. The molecule has 12 nitrogen and oxygen atoms in total. The fourth-order valence-electron chi connectivity index (χ4n) is 8.23. The second-order valence-electron chi connectivity index (χ2n) is 13.3. The number of phenols is 1. The van der Waals surface area contributed by atoms with Crippen molar-refractivity contribution < 1.29 is 38.9 Å². The minimum absolute atomic E-state index is 0.0424. The lowest BCUT2D eigenvalue weighted by atomic mass is 9.52. The Morgan fingerprint density at radius 2 is 1.80 bits per heavy atom. The molecule has 1 saturated heterocycles. The van der Waals surface area contributed by atoms with E-state index in [1.54, 1.807) is 31.1 Å². The first-order valence-electron chi connectivity index (χ1n) is 15.1. The van der Waals surface area contributed by atoms with Crippen LogP contribution in [0.4, 0.5) is 5.69 Å². The van der Waals surface area contributed by atoms with Crippen molar-refractivity contribution in [3.05, 3.63) is 35.1 Å². The van der Waals surface area contributed by atoms with Gasteiger partial charge in [-0.05, 0) is 82.5 Å². The molecule has 3 fully saturated rings. The van der Waals surface area contributed by atoms with Crippen LogP contribution < -0.4 is 10.6 Å². The topological polar surface area (TPSA) is 178 Å². The number of ketones is 3. The van der Waals surface area contributed by atoms with Crippen molar-refractivity contribution in [2.45, 2.75) is 50.0 Å². The van der Waals surface area contributed by atoms with E-state index in [-0.39, 0.29) is 24.2 Å². The van der Waals surface area contributed by atoms with E-state index in [2.05, 4.69) is 4.90 Å². The maximum Gasteiger partial charge on any atom is 0.230 e. The number of rotatable bonds is 6. The van der Waals surface area contributed by atoms with Gasteiger partial charge in [-0.2, -0.15) is 0 Å². The number of nitrogens with zero attached hydrogens (tertiary/aromatic N) is 3. The molecule has 1 aromatic carbocycles. The van der Waals surface area contributed by atoms with Crippen LogP contribution >= 0.6 is 0 Å². The summed E-state index contributed by atoms with van der Waals surface area (Å²) in [7, 11) is 6.88. The highest BCUT2D eigenvalue weighted by Gasteiger charge is 2.69. The molecule has 5 N–H and O–H groups in total. The summed E-state index contributed by atoms with van der Waals surface area (Å²) in [5.74, 6) is -8.22. The van der Waals surface area contributed by atoms with Crippen molar-refractivity contribution in [2.24, 2.45) is 29.4 Å². The molecule has 44 heavy (non-hydrogen) atoms. The number of aromatic hydroxyl groups is 1. The van der Waals surface area contributed by atoms with Gasteiger partial charge in [0.05, 0.1) is 29.7 Å². The van der Waals surface area contributed by atoms with Gasteiger partial charge in [0.2, 0.25) is 5.91 Å². The number of nitrogens with two attached hydrogens (primary N) is 1. The summed E-state index contributed by atoms with van der Waals surface area (Å²) in [5, 5.41) is 34.5. The molecule has 0 radical (unpaired) electrons. The fraction of sp³-hybridized carbons (Fsp3) is 0.562. The highest BCUT2D eigenvalue weighted by atomic mass is 16.3. The lowest BCUT2D eigenvalue weighted by molar-refractivity contribution is -0.190. The second kappa shape index (κ2) is 10.8. The van der Waals surface area contributed by atoms with Gasteiger partial charge in [0, 0.05) is 31.7 Å². The Morgan fingerprint density at radius 3 is 2.41 bits per heavy atom. The number of phenolic OH excluding ortho intramolecular Hbond substituents is 1. The average molecular weight is 609 g/mol. The van der Waals surface area contributed by atoms with Crippen molar-refractivity contribution in [1.29, 1.82) is 0 Å². The molecular weight excluding hydrogens is 568 g/mol. The normalized spacial score (nSPS) is 32.0. The molecule has 2 heterocycles. The molecular formula is C32H40N4O8. The number of primary amides is 1. The lowest BCUT2D eigenvalue weighted by Gasteiger charge is -2.55. The Morgan fingerprint density at radius 1 is 1.11 bits per heavy atom. The molecule has 0 spiro atoms. The number of carbonyl (C=O) groups is 4. The van der Waals surface area contributed by atoms with Gasteiger partial charge < -0.3 is 35.3 Å². The molecule has 2 aromatic rings. The van der Waals surface area contributed by atoms with E-state index in [4.69, 9.17) is 10.2 Å². The summed E-state index contributed by atoms with van der Waals surface area (Å²) in [6.45, 7) is 2.60. The van der Waals surface area contributed by atoms with E-state index in [0.717, 1.165) is 31.7 Å². The zero-order valence-electron chi connectivity index (χ0n) is 25.4. The van der Waals surface area contributed by atoms with Crippen molar-refractivity contribution in [1.82, 2.24) is 9.80 Å². The maximum atomic E-state index is 14.3. The largest absolute Gasteiger partial charge is 0.506 e. The van der Waals surface area contributed by atoms with Crippen LogP contribution in [0.2, 0.25) is 0 Å². The van der Waals surface area contributed by atoms with Crippen LogP contribution in [0, 0.1) is 23.7 Å². The van der Waals surface area contributed by atoms with Gasteiger partial charge in [-0.25, -0.2) is 0 Å². The number of Topliss-reactive ketones (excluding diaryl/α,β-unsaturated/α-hetero) is 3. The molecule has 0 bridgehead atoms. The number of carbonyl (C=O) groups excluding carboxylic acids is 4. The molecule has 1 amide bonds. The van der Waals surface area contributed by atoms with E-state index >= 15 is 0 Å². The third-order valence-electron chi connectivity index (χ3n) is 10.3. The van der Waals surface area contributed by atoms with Gasteiger partial charge in [0.1, 0.15) is 23.2 Å². The van der Waals surface area contributed by atoms with Crippen LogP contribution in [0.1, 0.15) is 40.9 Å². The molecule has 3 aliphatic carbocycles. The van der Waals surface area contributed by atoms with Crippen LogP contribution in [-0.4, -0.2) is 107 Å². The first kappa shape index (κ1) is 30.4. The number of furan rings is 1. The van der Waals surface area contributed by atoms with Crippen LogP contribution in [0.25, 0.3) is 11.3 Å². The third-order valence-corrected chi connectivity index (χ3v) is 10.3. The minimum Gasteiger partial charge on any atom is -0.506 e. The number of hydrogen-bond acceptors (Lipinski definition) is 11. The molecule has 3 unspecified atom stereocenters. The van der Waals surface area contributed by atoms with Crippen LogP contribution in [0.5, 0.6) is 5.75 Å². The molecule has 2 saturated carbocycles. The molecule has 6 rings (SSSR count). The molecule has 1 aliphatic heterocycles. The number of hydrogen-bond donors (Lipinski definition) is 4. The van der Waals surface area contributed by atoms with E-state index < -0.39 is 64.7 Å². The van der Waals surface area contributed by atoms with E-state index in [1.807, 2.05) is 25.1 Å². The Hall–Kier alpha value is -3.58. The smallest absolute Gasteiger partial charge is 0.230 e. The summed E-state index contributed by atoms with van der Waals surface area (Å²) >= 11 is 0. The Labute approximate surface area is 255 Å². The molecule has 1 aromatic heterocycles. The summed E-state index contributed by atoms with van der Waals surface area (Å²) in [6, 6.07) is 4.42. The Balaban J connectivity index is 1.43. The van der Waals surface area contributed by atoms with Crippen molar-refractivity contribution >= 4 is 28.9 Å². The van der Waals surface area contributed by atoms with Gasteiger partial charge >= 0.3 is 0 Å². The van der Waals surface area contributed by atoms with Gasteiger partial charge in [-0.3, -0.25) is 24.1 Å². The first-order chi connectivity index (χ1) is 20.8. The van der Waals surface area contributed by atoms with Crippen LogP contribution in [0.15, 0.2) is 22.6 Å². The predicted octanol–water partition coefficient (Wildman–Crippen LogP) is 0.581. The fourth-order valence-corrected chi connectivity index (χ4v) is 8.23. The Bertz CT molecular complexity index is 1540. The van der Waals surface area contributed by atoms with E-state index in [9.17, 15) is 34.5 Å². The van der Waals surface area contributed by atoms with Crippen LogP contribution in [0.3, 0.4) is 0 Å². The number of anilines is 1. The lowest BCUT2D eigenvalue weighted by Crippen LogP contribution is -2.75. The summed E-state index contributed by atoms with van der Waals surface area (Å²) < 4.78 is 6.13. The number of aliphatic hydroxyl groups excluding tert-OH is 1. The minimum atomic E-state index is -2.70. The van der Waals surface area contributed by atoms with Gasteiger partial charge in [-0.1, -0.05) is 0 Å². The number of benzene rings is 1. The predicted molar refractivity (Wildman–Crippen MR) is 159 cm³/mol. The first-order valence-corrected chi connectivity index (χ1v) is 15.1. The highest BCUT2D eigenvalue weighted by molar-refractivity contribution is 6.26. The second-order valence-corrected chi connectivity index (χ2v) is 13.3. The summed E-state index contributed by atoms with van der Waals surface area (Å²) in [5.41, 5.74) is 4.25. The number of likely N-dealkylation sites (N-methyl/N-ethyl adjacent to an activating group) is 1. The van der Waals surface area contributed by atoms with Gasteiger partial charge in [0.25, 0.3) is 0 Å². The molecule has 7 atom stereocenters. The number of fused-ring (bicyclic) bond motifs is 3. The molecule has 236 valence electrons. The monoisotopic (exact) mass is 608 g/mol. The summed E-state index contributed by atoms with van der Waals surface area (Å²) in [6.07, 6.45) is 1.00.